The number of aromatic nitrogens is 2. The van der Waals surface area contributed by atoms with E-state index in [1.807, 2.05) is 29.2 Å². The van der Waals surface area contributed by atoms with Crippen LogP contribution in [0.4, 0.5) is 17.6 Å². The molecule has 4 aromatic carbocycles. The van der Waals surface area contributed by atoms with Crippen LogP contribution >= 0.6 is 0 Å². The van der Waals surface area contributed by atoms with E-state index < -0.39 is 104 Å². The molecule has 98 heavy (non-hydrogen) atoms. The largest absolute Gasteiger partial charge is 0.494 e. The molecule has 2 atom stereocenters. The normalized spacial score (nSPS) is 17.8. The summed E-state index contributed by atoms with van der Waals surface area (Å²) in [5.74, 6) is -11.9. The van der Waals surface area contributed by atoms with Gasteiger partial charge >= 0.3 is 17.9 Å². The summed E-state index contributed by atoms with van der Waals surface area (Å²) < 4.78 is 68.6. The number of carbonyl (C=O) groups is 8. The molecule has 26 nitrogen and oxygen atoms in total. The maximum Gasteiger partial charge on any atom is 0.317 e. The number of benzene rings is 4. The van der Waals surface area contributed by atoms with Crippen LogP contribution in [-0.4, -0.2) is 262 Å². The maximum absolute atomic E-state index is 14.7. The molecule has 0 aliphatic carbocycles. The van der Waals surface area contributed by atoms with Crippen molar-refractivity contribution in [2.75, 3.05) is 131 Å². The minimum atomic E-state index is -3.21. The predicted octanol–water partition coefficient (Wildman–Crippen LogP) is 4.64. The first-order chi connectivity index (χ1) is 46.9. The number of ether oxygens (including phenoxy) is 2. The molecule has 5 heterocycles. The van der Waals surface area contributed by atoms with Crippen LogP contribution in [0.2, 0.25) is 0 Å². The lowest BCUT2D eigenvalue weighted by atomic mass is 10.0. The molecule has 3 fully saturated rings. The van der Waals surface area contributed by atoms with Crippen LogP contribution in [0.15, 0.2) is 109 Å². The highest BCUT2D eigenvalue weighted by atomic mass is 19.3. The van der Waals surface area contributed by atoms with Crippen LogP contribution in [-0.2, 0) is 28.8 Å². The summed E-state index contributed by atoms with van der Waals surface area (Å²) in [6.07, 6.45) is 2.02. The zero-order valence-electron chi connectivity index (χ0n) is 53.4. The molecule has 0 unspecified atom stereocenters. The molecule has 30 heteroatoms. The van der Waals surface area contributed by atoms with E-state index in [-0.39, 0.29) is 122 Å². The van der Waals surface area contributed by atoms with Gasteiger partial charge in [0.05, 0.1) is 99.9 Å². The summed E-state index contributed by atoms with van der Waals surface area (Å²) in [4.78, 5) is 122. The molecule has 0 saturated carbocycles. The average Bonchev–Trinajstić information content (AvgIpc) is 1.05. The van der Waals surface area contributed by atoms with Gasteiger partial charge in [0.15, 0.2) is 0 Å². The minimum absolute atomic E-state index is 0.115. The Bertz CT molecular complexity index is 3790. The molecule has 0 spiro atoms. The van der Waals surface area contributed by atoms with E-state index >= 15 is 0 Å². The third-order valence-electron chi connectivity index (χ3n) is 17.0. The molecule has 3 saturated heterocycles. The van der Waals surface area contributed by atoms with Gasteiger partial charge in [-0.05, 0) is 83.6 Å². The van der Waals surface area contributed by atoms with Gasteiger partial charge in [0, 0.05) is 101 Å². The zero-order valence-corrected chi connectivity index (χ0v) is 53.4. The number of amides is 5. The first kappa shape index (κ1) is 71.9. The van der Waals surface area contributed by atoms with Crippen molar-refractivity contribution < 1.29 is 80.7 Å². The fourth-order valence-electron chi connectivity index (χ4n) is 12.0. The second-order valence-electron chi connectivity index (χ2n) is 24.1. The van der Waals surface area contributed by atoms with Gasteiger partial charge in [0.25, 0.3) is 23.7 Å². The van der Waals surface area contributed by atoms with E-state index in [0.29, 0.717) is 46.1 Å². The van der Waals surface area contributed by atoms with Crippen molar-refractivity contribution in [1.82, 2.24) is 54.9 Å². The van der Waals surface area contributed by atoms with Crippen LogP contribution < -0.4 is 20.1 Å². The van der Waals surface area contributed by atoms with Gasteiger partial charge in [-0.15, -0.1) is 0 Å². The Morgan fingerprint density at radius 1 is 0.520 bits per heavy atom. The third kappa shape index (κ3) is 19.9. The zero-order chi connectivity index (χ0) is 70.1. The van der Waals surface area contributed by atoms with Crippen molar-refractivity contribution in [2.24, 2.45) is 0 Å². The van der Waals surface area contributed by atoms with Crippen molar-refractivity contribution in [1.29, 1.82) is 10.5 Å². The number of nitriles is 2. The Labute approximate surface area is 560 Å². The van der Waals surface area contributed by atoms with E-state index in [2.05, 4.69) is 20.6 Å². The summed E-state index contributed by atoms with van der Waals surface area (Å²) in [5.41, 5.74) is 4.18. The van der Waals surface area contributed by atoms with E-state index in [4.69, 9.17) is 9.47 Å². The average molecular weight is 1360 g/mol. The van der Waals surface area contributed by atoms with Gasteiger partial charge in [-0.1, -0.05) is 48.5 Å². The summed E-state index contributed by atoms with van der Waals surface area (Å²) >= 11 is 0. The Balaban J connectivity index is 0.854. The van der Waals surface area contributed by atoms with Gasteiger partial charge in [-0.2, -0.15) is 10.5 Å². The highest BCUT2D eigenvalue weighted by Gasteiger charge is 2.48. The van der Waals surface area contributed by atoms with Gasteiger partial charge in [-0.3, -0.25) is 67.9 Å². The van der Waals surface area contributed by atoms with Crippen LogP contribution in [0.5, 0.6) is 11.5 Å². The SMILES string of the molecule is N#C[C@@H]1CC(F)(F)CN1C(=O)CNC(=O)c1ccnc2cc(-c3cccc(OCCCN(CCCOc4cccc(-c5ccc6c(C(=O)NCC(=O)N7CC(F)(F)C[C@H]7C#N)ccnc6c5)c4)C(=O)CN4CCN(CC(=O)O)CCN(CC(=O)O)CCN(CC(=O)O)CC4)c3)ccc12. The number of carbonyl (C=O) groups excluding carboxylic acids is 5. The molecular weight excluding hydrogens is 1280 g/mol. The first-order valence-electron chi connectivity index (χ1n) is 31.7. The summed E-state index contributed by atoms with van der Waals surface area (Å²) in [7, 11) is 0. The summed E-state index contributed by atoms with van der Waals surface area (Å²) in [6, 6.07) is 28.7. The molecular formula is C68H73F4N13O13. The number of nitrogens with zero attached hydrogens (tertiary/aromatic N) is 11. The molecule has 2 aromatic heterocycles. The fourth-order valence-corrected chi connectivity index (χ4v) is 12.0. The van der Waals surface area contributed by atoms with Gasteiger partial charge in [-0.25, -0.2) is 17.6 Å². The molecule has 0 bridgehead atoms. The number of pyridine rings is 2. The van der Waals surface area contributed by atoms with Crippen LogP contribution in [0.1, 0.15) is 46.4 Å². The van der Waals surface area contributed by atoms with Crippen molar-refractivity contribution in [3.8, 4) is 45.9 Å². The number of likely N-dealkylation sites (tertiary alicyclic amines) is 2. The van der Waals surface area contributed by atoms with Crippen molar-refractivity contribution in [2.45, 2.75) is 49.6 Å². The standard InChI is InChI=1S/C68H73F4N13O13/c69-67(70)33-49(35-73)84(43-67)59(86)37-77-65(95)55-13-15-75-57-31-47(9-11-53(55)57)45-5-1-7-51(29-45)97-27-3-17-83(61(88)39-79-19-21-80(40-62(89)90)23-25-82(42-64(93)94)26-24-81(22-20-79)41-63(91)92)18-4-28-98-52-8-2-6-46(30-52)48-10-12-54-56(14-16-76-58(54)32-48)66(96)78-38-60(87)85-44-68(71,72)34-50(85)36-74/h1-2,5-16,29-32,49-50H,3-4,17-28,33-34,37-44H2,(H,77,95)(H,78,96)(H,89,90)(H,91,92)(H,93,94)/t49-,50-/m0/s1. The van der Waals surface area contributed by atoms with E-state index in [1.165, 1.54) is 24.5 Å². The number of alkyl halides is 4. The number of nitrogens with one attached hydrogen (secondary N) is 2. The first-order valence-corrected chi connectivity index (χ1v) is 31.7. The number of hydrogen-bond donors (Lipinski definition) is 5. The molecule has 3 aliphatic heterocycles. The number of carboxylic acid groups (broad SMARTS) is 3. The lowest BCUT2D eigenvalue weighted by Crippen LogP contribution is -2.50. The lowest BCUT2D eigenvalue weighted by molar-refractivity contribution is -0.140. The lowest BCUT2D eigenvalue weighted by Gasteiger charge is -2.33. The molecule has 5 amide bonds. The predicted molar refractivity (Wildman–Crippen MR) is 346 cm³/mol. The van der Waals surface area contributed by atoms with E-state index in [1.54, 1.807) is 92.4 Å². The van der Waals surface area contributed by atoms with Crippen molar-refractivity contribution in [3.05, 3.63) is 121 Å². The molecule has 6 aromatic rings. The van der Waals surface area contributed by atoms with Gasteiger partial charge < -0.3 is 50.1 Å². The topological polar surface area (TPSA) is 336 Å². The molecule has 516 valence electrons. The van der Waals surface area contributed by atoms with Crippen molar-refractivity contribution >= 4 is 69.2 Å². The van der Waals surface area contributed by atoms with Crippen LogP contribution in [0.3, 0.4) is 0 Å². The Morgan fingerprint density at radius 2 is 0.888 bits per heavy atom. The van der Waals surface area contributed by atoms with Gasteiger partial charge in [0.2, 0.25) is 17.7 Å². The quantitative estimate of drug-likeness (QED) is 0.0365. The second-order valence-corrected chi connectivity index (χ2v) is 24.1. The molecule has 9 rings (SSSR count). The monoisotopic (exact) mass is 1360 g/mol. The van der Waals surface area contributed by atoms with Crippen LogP contribution in [0, 0.1) is 22.7 Å². The van der Waals surface area contributed by atoms with E-state index in [0.717, 1.165) is 32.1 Å². The third-order valence-corrected chi connectivity index (χ3v) is 17.0. The number of halogens is 4. The summed E-state index contributed by atoms with van der Waals surface area (Å²) in [6.45, 7) is -1.71. The highest BCUT2D eigenvalue weighted by molar-refractivity contribution is 6.08. The number of aliphatic carboxylic acids is 3. The Morgan fingerprint density at radius 3 is 1.26 bits per heavy atom. The fraction of sp³-hybridized carbons (Fsp3) is 0.412. The smallest absolute Gasteiger partial charge is 0.317 e. The molecule has 5 N–H and O–H groups in total. The second kappa shape index (κ2) is 33.0. The highest BCUT2D eigenvalue weighted by Crippen LogP contribution is 2.34. The van der Waals surface area contributed by atoms with Gasteiger partial charge in [0.1, 0.15) is 23.6 Å². The number of fused-ring (bicyclic) bond motifs is 2. The van der Waals surface area contributed by atoms with Crippen molar-refractivity contribution in [3.63, 3.8) is 0 Å². The van der Waals surface area contributed by atoms with E-state index in [9.17, 15) is 81.8 Å². The maximum atomic E-state index is 14.7. The minimum Gasteiger partial charge on any atom is -0.494 e. The van der Waals surface area contributed by atoms with Crippen LogP contribution in [0.25, 0.3) is 44.1 Å². The number of rotatable bonds is 26. The Kier molecular flexibility index (Phi) is 24.2. The number of carboxylic acids is 3. The molecule has 0 radical (unpaired) electrons. The number of hydrogen-bond acceptors (Lipinski definition) is 18. The Hall–Kier alpha value is -10.4. The summed E-state index contributed by atoms with van der Waals surface area (Å²) in [5, 5.41) is 53.8. The molecule has 3 aliphatic rings.